The Labute approximate surface area is 129 Å². The Bertz CT molecular complexity index is 519. The molecule has 0 saturated heterocycles. The third kappa shape index (κ3) is 5.11. The van der Waals surface area contributed by atoms with Crippen LogP contribution in [0.5, 0.6) is 0 Å². The summed E-state index contributed by atoms with van der Waals surface area (Å²) < 4.78 is 6.79. The Kier molecular flexibility index (Phi) is 6.65. The molecule has 1 heterocycles. The molecule has 21 heavy (non-hydrogen) atoms. The molecule has 0 amide bonds. The Morgan fingerprint density at radius 2 is 2.14 bits per heavy atom. The molecule has 2 aromatic rings. The van der Waals surface area contributed by atoms with Crippen molar-refractivity contribution in [2.24, 2.45) is 0 Å². The molecular formula is C14H21N5OS. The van der Waals surface area contributed by atoms with Crippen LogP contribution in [0.25, 0.3) is 5.69 Å². The highest BCUT2D eigenvalue weighted by molar-refractivity contribution is 7.99. The number of nitrogens with one attached hydrogen (secondary N) is 1. The first-order valence-electron chi connectivity index (χ1n) is 7.01. The van der Waals surface area contributed by atoms with Crippen molar-refractivity contribution in [3.8, 4) is 5.69 Å². The highest BCUT2D eigenvalue weighted by atomic mass is 32.2. The fraction of sp³-hybridized carbons (Fsp3) is 0.500. The molecule has 1 unspecified atom stereocenters. The van der Waals surface area contributed by atoms with E-state index in [-0.39, 0.29) is 0 Å². The average molecular weight is 307 g/mol. The topological polar surface area (TPSA) is 64.9 Å². The molecule has 0 bridgehead atoms. The van der Waals surface area contributed by atoms with E-state index >= 15 is 0 Å². The summed E-state index contributed by atoms with van der Waals surface area (Å²) in [5, 5.41) is 16.6. The molecule has 0 aliphatic heterocycles. The standard InChI is InChI=1S/C14H21N5OS/c1-12(11-15-9-6-10-20-2)21-14-16-17-18-19(14)13-7-4-3-5-8-13/h3-5,7-8,12,15H,6,9-11H2,1-2H3. The molecule has 2 rings (SSSR count). The van der Waals surface area contributed by atoms with Crippen LogP contribution < -0.4 is 5.32 Å². The Morgan fingerprint density at radius 3 is 2.90 bits per heavy atom. The van der Waals surface area contributed by atoms with Gasteiger partial charge in [0.15, 0.2) is 0 Å². The van der Waals surface area contributed by atoms with Gasteiger partial charge in [0.25, 0.3) is 0 Å². The first-order valence-corrected chi connectivity index (χ1v) is 7.89. The fourth-order valence-corrected chi connectivity index (χ4v) is 2.74. The lowest BCUT2D eigenvalue weighted by Gasteiger charge is -2.11. The summed E-state index contributed by atoms with van der Waals surface area (Å²) in [6.45, 7) is 4.83. The minimum atomic E-state index is 0.390. The molecule has 0 spiro atoms. The molecule has 7 heteroatoms. The summed E-state index contributed by atoms with van der Waals surface area (Å²) in [6, 6.07) is 9.92. The van der Waals surface area contributed by atoms with Crippen LogP contribution in [0.1, 0.15) is 13.3 Å². The first kappa shape index (κ1) is 15.9. The molecule has 0 aliphatic carbocycles. The Hall–Kier alpha value is -1.44. The number of para-hydroxylation sites is 1. The zero-order chi connectivity index (χ0) is 14.9. The number of rotatable bonds is 9. The average Bonchev–Trinajstić information content (AvgIpc) is 2.96. The maximum absolute atomic E-state index is 5.02. The van der Waals surface area contributed by atoms with Crippen molar-refractivity contribution < 1.29 is 4.74 Å². The number of hydrogen-bond donors (Lipinski definition) is 1. The molecule has 0 fully saturated rings. The fourth-order valence-electron chi connectivity index (χ4n) is 1.85. The summed E-state index contributed by atoms with van der Waals surface area (Å²) in [6.07, 6.45) is 1.02. The van der Waals surface area contributed by atoms with Gasteiger partial charge in [0.1, 0.15) is 0 Å². The predicted octanol–water partition coefficient (Wildman–Crippen LogP) is 1.77. The molecule has 1 N–H and O–H groups in total. The highest BCUT2D eigenvalue weighted by Gasteiger charge is 2.12. The summed E-state index contributed by atoms with van der Waals surface area (Å²) in [7, 11) is 1.72. The Balaban J connectivity index is 1.85. The van der Waals surface area contributed by atoms with E-state index in [1.165, 1.54) is 0 Å². The van der Waals surface area contributed by atoms with E-state index in [4.69, 9.17) is 4.74 Å². The lowest BCUT2D eigenvalue weighted by atomic mass is 10.3. The van der Waals surface area contributed by atoms with Crippen molar-refractivity contribution in [2.75, 3.05) is 26.8 Å². The van der Waals surface area contributed by atoms with Crippen LogP contribution in [-0.4, -0.2) is 52.3 Å². The zero-order valence-electron chi connectivity index (χ0n) is 12.4. The molecular weight excluding hydrogens is 286 g/mol. The molecule has 1 aromatic heterocycles. The second-order valence-corrected chi connectivity index (χ2v) is 6.09. The van der Waals surface area contributed by atoms with Crippen LogP contribution in [0.15, 0.2) is 35.5 Å². The van der Waals surface area contributed by atoms with Gasteiger partial charge < -0.3 is 10.1 Å². The molecule has 1 aromatic carbocycles. The van der Waals surface area contributed by atoms with Crippen molar-refractivity contribution >= 4 is 11.8 Å². The van der Waals surface area contributed by atoms with E-state index in [1.54, 1.807) is 23.6 Å². The summed E-state index contributed by atoms with van der Waals surface area (Å²) in [5.74, 6) is 0. The second kappa shape index (κ2) is 8.76. The first-order chi connectivity index (χ1) is 10.3. The van der Waals surface area contributed by atoms with Gasteiger partial charge in [-0.05, 0) is 35.5 Å². The van der Waals surface area contributed by atoms with Crippen molar-refractivity contribution in [3.63, 3.8) is 0 Å². The monoisotopic (exact) mass is 307 g/mol. The summed E-state index contributed by atoms with van der Waals surface area (Å²) >= 11 is 1.67. The van der Waals surface area contributed by atoms with E-state index in [0.29, 0.717) is 5.25 Å². The number of hydrogen-bond acceptors (Lipinski definition) is 6. The molecule has 0 radical (unpaired) electrons. The van der Waals surface area contributed by atoms with Crippen LogP contribution >= 0.6 is 11.8 Å². The zero-order valence-corrected chi connectivity index (χ0v) is 13.2. The number of methoxy groups -OCH3 is 1. The van der Waals surface area contributed by atoms with Crippen molar-refractivity contribution in [2.45, 2.75) is 23.8 Å². The van der Waals surface area contributed by atoms with Crippen molar-refractivity contribution in [1.29, 1.82) is 0 Å². The van der Waals surface area contributed by atoms with E-state index in [2.05, 4.69) is 27.8 Å². The SMILES string of the molecule is COCCCNCC(C)Sc1nnnn1-c1ccccc1. The maximum atomic E-state index is 5.02. The van der Waals surface area contributed by atoms with Crippen LogP contribution in [0.2, 0.25) is 0 Å². The molecule has 1 atom stereocenters. The van der Waals surface area contributed by atoms with Gasteiger partial charge in [0.2, 0.25) is 5.16 Å². The predicted molar refractivity (Wildman–Crippen MR) is 83.8 cm³/mol. The quantitative estimate of drug-likeness (QED) is 0.562. The van der Waals surface area contributed by atoms with E-state index in [1.807, 2.05) is 30.3 Å². The third-order valence-electron chi connectivity index (χ3n) is 2.88. The molecule has 6 nitrogen and oxygen atoms in total. The van der Waals surface area contributed by atoms with Gasteiger partial charge in [-0.3, -0.25) is 0 Å². The lowest BCUT2D eigenvalue weighted by molar-refractivity contribution is 0.194. The van der Waals surface area contributed by atoms with E-state index < -0.39 is 0 Å². The Morgan fingerprint density at radius 1 is 1.33 bits per heavy atom. The third-order valence-corrected chi connectivity index (χ3v) is 3.92. The van der Waals surface area contributed by atoms with Gasteiger partial charge in [-0.15, -0.1) is 5.10 Å². The van der Waals surface area contributed by atoms with Crippen LogP contribution in [-0.2, 0) is 4.74 Å². The van der Waals surface area contributed by atoms with Gasteiger partial charge >= 0.3 is 0 Å². The molecule has 0 aliphatic rings. The van der Waals surface area contributed by atoms with E-state index in [9.17, 15) is 0 Å². The van der Waals surface area contributed by atoms with Gasteiger partial charge in [0.05, 0.1) is 5.69 Å². The number of nitrogens with zero attached hydrogens (tertiary/aromatic N) is 4. The minimum Gasteiger partial charge on any atom is -0.385 e. The van der Waals surface area contributed by atoms with Gasteiger partial charge in [0, 0.05) is 25.5 Å². The molecule has 114 valence electrons. The van der Waals surface area contributed by atoms with E-state index in [0.717, 1.165) is 37.0 Å². The van der Waals surface area contributed by atoms with Gasteiger partial charge in [-0.25, -0.2) is 0 Å². The van der Waals surface area contributed by atoms with Gasteiger partial charge in [-0.2, -0.15) is 4.68 Å². The smallest absolute Gasteiger partial charge is 0.214 e. The van der Waals surface area contributed by atoms with Gasteiger partial charge in [-0.1, -0.05) is 36.9 Å². The highest BCUT2D eigenvalue weighted by Crippen LogP contribution is 2.22. The number of ether oxygens (including phenoxy) is 1. The second-order valence-electron chi connectivity index (χ2n) is 4.69. The van der Waals surface area contributed by atoms with Crippen LogP contribution in [0.4, 0.5) is 0 Å². The summed E-state index contributed by atoms with van der Waals surface area (Å²) in [4.78, 5) is 0. The number of thioether (sulfide) groups is 1. The maximum Gasteiger partial charge on any atom is 0.214 e. The number of benzene rings is 1. The van der Waals surface area contributed by atoms with Crippen molar-refractivity contribution in [1.82, 2.24) is 25.5 Å². The lowest BCUT2D eigenvalue weighted by Crippen LogP contribution is -2.24. The van der Waals surface area contributed by atoms with Crippen LogP contribution in [0.3, 0.4) is 0 Å². The summed E-state index contributed by atoms with van der Waals surface area (Å²) in [5.41, 5.74) is 0.977. The largest absolute Gasteiger partial charge is 0.385 e. The van der Waals surface area contributed by atoms with Crippen LogP contribution in [0, 0.1) is 0 Å². The number of tetrazole rings is 1. The number of aromatic nitrogens is 4. The van der Waals surface area contributed by atoms with Crippen molar-refractivity contribution in [3.05, 3.63) is 30.3 Å². The normalized spacial score (nSPS) is 12.5. The molecule has 0 saturated carbocycles. The minimum absolute atomic E-state index is 0.390.